The van der Waals surface area contributed by atoms with Crippen LogP contribution in [0.2, 0.25) is 0 Å². The highest BCUT2D eigenvalue weighted by Gasteiger charge is 2.17. The van der Waals surface area contributed by atoms with Gasteiger partial charge in [0.2, 0.25) is 0 Å². The van der Waals surface area contributed by atoms with Crippen molar-refractivity contribution in [3.05, 3.63) is 66.7 Å². The quantitative estimate of drug-likeness (QED) is 0.594. The first-order chi connectivity index (χ1) is 14.1. The summed E-state index contributed by atoms with van der Waals surface area (Å²) in [4.78, 5) is 0.00408. The Balaban J connectivity index is 1.94. The first-order valence-corrected chi connectivity index (χ1v) is 12.2. The van der Waals surface area contributed by atoms with E-state index in [-0.39, 0.29) is 9.79 Å². The summed E-state index contributed by atoms with van der Waals surface area (Å²) in [6, 6.07) is 17.3. The molecule has 0 amide bonds. The van der Waals surface area contributed by atoms with Crippen molar-refractivity contribution in [1.82, 2.24) is 0 Å². The van der Waals surface area contributed by atoms with Crippen molar-refractivity contribution in [2.75, 3.05) is 25.2 Å². The van der Waals surface area contributed by atoms with Crippen molar-refractivity contribution in [1.29, 1.82) is 0 Å². The van der Waals surface area contributed by atoms with Crippen LogP contribution in [-0.4, -0.2) is 37.3 Å². The van der Waals surface area contributed by atoms with E-state index in [0.717, 1.165) is 11.8 Å². The van der Waals surface area contributed by atoms with E-state index < -0.39 is 19.9 Å². The van der Waals surface area contributed by atoms with Gasteiger partial charge in [-0.2, -0.15) is 0 Å². The number of methoxy groups -OCH3 is 2. The second-order valence-corrected chi connectivity index (χ2v) is 10.2. The van der Waals surface area contributed by atoms with Crippen LogP contribution in [0.5, 0.6) is 11.5 Å². The number of sulfone groups is 1. The second-order valence-electron chi connectivity index (χ2n) is 6.49. The Hall–Kier alpha value is -3.04. The average molecular weight is 448 g/mol. The summed E-state index contributed by atoms with van der Waals surface area (Å²) < 4.78 is 61.7. The normalized spacial score (nSPS) is 11.7. The number of rotatable bonds is 7. The lowest BCUT2D eigenvalue weighted by molar-refractivity contribution is 0.414. The highest BCUT2D eigenvalue weighted by molar-refractivity contribution is 7.92. The van der Waals surface area contributed by atoms with Crippen LogP contribution in [0, 0.1) is 0 Å². The molecule has 1 N–H and O–H groups in total. The Kier molecular flexibility index (Phi) is 6.04. The number of nitrogens with one attached hydrogen (secondary N) is 1. The van der Waals surface area contributed by atoms with E-state index in [0.29, 0.717) is 22.7 Å². The van der Waals surface area contributed by atoms with Crippen molar-refractivity contribution in [3.63, 3.8) is 0 Å². The molecular formula is C21H21NO6S2. The van der Waals surface area contributed by atoms with Crippen molar-refractivity contribution in [2.24, 2.45) is 0 Å². The van der Waals surface area contributed by atoms with Crippen LogP contribution in [-0.2, 0) is 19.9 Å². The predicted octanol–water partition coefficient (Wildman–Crippen LogP) is 3.58. The Bertz CT molecular complexity index is 1250. The zero-order valence-corrected chi connectivity index (χ0v) is 18.2. The molecule has 3 aromatic carbocycles. The summed E-state index contributed by atoms with van der Waals surface area (Å²) in [5.74, 6) is 1.28. The minimum atomic E-state index is -3.91. The van der Waals surface area contributed by atoms with Gasteiger partial charge >= 0.3 is 0 Å². The average Bonchev–Trinajstić information content (AvgIpc) is 2.73. The summed E-state index contributed by atoms with van der Waals surface area (Å²) in [6.45, 7) is 0. The lowest BCUT2D eigenvalue weighted by Crippen LogP contribution is -2.13. The van der Waals surface area contributed by atoms with Crippen LogP contribution in [0.3, 0.4) is 0 Å². The Morgan fingerprint density at radius 2 is 1.33 bits per heavy atom. The van der Waals surface area contributed by atoms with E-state index in [1.54, 1.807) is 37.4 Å². The van der Waals surface area contributed by atoms with E-state index in [9.17, 15) is 16.8 Å². The van der Waals surface area contributed by atoms with Crippen molar-refractivity contribution < 1.29 is 26.3 Å². The van der Waals surface area contributed by atoms with Gasteiger partial charge in [-0.1, -0.05) is 12.1 Å². The third-order valence-corrected chi connectivity index (χ3v) is 6.94. The molecule has 0 unspecified atom stereocenters. The van der Waals surface area contributed by atoms with Crippen LogP contribution >= 0.6 is 0 Å². The van der Waals surface area contributed by atoms with Crippen molar-refractivity contribution in [3.8, 4) is 22.6 Å². The van der Waals surface area contributed by atoms with Crippen LogP contribution in [0.15, 0.2) is 76.5 Å². The van der Waals surface area contributed by atoms with Crippen LogP contribution < -0.4 is 14.2 Å². The highest BCUT2D eigenvalue weighted by Crippen LogP contribution is 2.34. The number of benzene rings is 3. The van der Waals surface area contributed by atoms with E-state index in [1.165, 1.54) is 31.4 Å². The van der Waals surface area contributed by atoms with E-state index >= 15 is 0 Å². The third-order valence-electron chi connectivity index (χ3n) is 4.41. The molecule has 0 fully saturated rings. The van der Waals surface area contributed by atoms with E-state index in [4.69, 9.17) is 9.47 Å². The molecule has 158 valence electrons. The van der Waals surface area contributed by atoms with Gasteiger partial charge in [-0.3, -0.25) is 4.72 Å². The van der Waals surface area contributed by atoms with Gasteiger partial charge in [0.15, 0.2) is 9.84 Å². The molecule has 0 saturated heterocycles. The molecule has 0 bridgehead atoms. The molecule has 7 nitrogen and oxygen atoms in total. The molecule has 0 aliphatic carbocycles. The molecule has 0 aliphatic rings. The maximum Gasteiger partial charge on any atom is 0.261 e. The zero-order valence-electron chi connectivity index (χ0n) is 16.6. The third kappa shape index (κ3) is 4.74. The number of hydrogen-bond donors (Lipinski definition) is 1. The van der Waals surface area contributed by atoms with Gasteiger partial charge in [-0.05, 0) is 60.2 Å². The molecular weight excluding hydrogens is 426 g/mol. The van der Waals surface area contributed by atoms with Gasteiger partial charge in [0, 0.05) is 17.5 Å². The molecule has 0 radical (unpaired) electrons. The van der Waals surface area contributed by atoms with Crippen LogP contribution in [0.4, 0.5) is 5.69 Å². The first kappa shape index (κ1) is 21.7. The lowest BCUT2D eigenvalue weighted by Gasteiger charge is -2.13. The SMILES string of the molecule is COc1ccc(-c2cc(NS(=O)(=O)c3ccc(S(C)(=O)=O)cc3)ccc2OC)cc1. The molecule has 0 saturated carbocycles. The molecule has 3 rings (SSSR count). The number of anilines is 1. The lowest BCUT2D eigenvalue weighted by atomic mass is 10.0. The Morgan fingerprint density at radius 1 is 0.733 bits per heavy atom. The fraction of sp³-hybridized carbons (Fsp3) is 0.143. The first-order valence-electron chi connectivity index (χ1n) is 8.79. The Labute approximate surface area is 176 Å². The zero-order chi connectivity index (χ0) is 21.9. The summed E-state index contributed by atoms with van der Waals surface area (Å²) in [6.07, 6.45) is 1.06. The van der Waals surface area contributed by atoms with E-state index in [1.807, 2.05) is 12.1 Å². The van der Waals surface area contributed by atoms with Crippen LogP contribution in [0.1, 0.15) is 0 Å². The minimum absolute atomic E-state index is 0.0447. The molecule has 0 atom stereocenters. The molecule has 3 aromatic rings. The summed E-state index contributed by atoms with van der Waals surface area (Å²) in [7, 11) is -4.21. The number of ether oxygens (including phenoxy) is 2. The fourth-order valence-electron chi connectivity index (χ4n) is 2.85. The molecule has 9 heteroatoms. The maximum atomic E-state index is 12.7. The molecule has 0 aromatic heterocycles. The van der Waals surface area contributed by atoms with E-state index in [2.05, 4.69) is 4.72 Å². The summed E-state index contributed by atoms with van der Waals surface area (Å²) in [5.41, 5.74) is 1.87. The maximum absolute atomic E-state index is 12.7. The smallest absolute Gasteiger partial charge is 0.261 e. The summed E-state index contributed by atoms with van der Waals surface area (Å²) >= 11 is 0. The van der Waals surface area contributed by atoms with Gasteiger partial charge in [0.25, 0.3) is 10.0 Å². The second kappa shape index (κ2) is 8.37. The van der Waals surface area contributed by atoms with Crippen LogP contribution in [0.25, 0.3) is 11.1 Å². The van der Waals surface area contributed by atoms with Crippen molar-refractivity contribution in [2.45, 2.75) is 9.79 Å². The molecule has 0 heterocycles. The number of sulfonamides is 1. The van der Waals surface area contributed by atoms with Gasteiger partial charge in [-0.15, -0.1) is 0 Å². The van der Waals surface area contributed by atoms with Crippen molar-refractivity contribution >= 4 is 25.5 Å². The molecule has 30 heavy (non-hydrogen) atoms. The number of hydrogen-bond acceptors (Lipinski definition) is 6. The highest BCUT2D eigenvalue weighted by atomic mass is 32.2. The Morgan fingerprint density at radius 3 is 1.87 bits per heavy atom. The topological polar surface area (TPSA) is 98.8 Å². The van der Waals surface area contributed by atoms with Gasteiger partial charge in [0.1, 0.15) is 11.5 Å². The minimum Gasteiger partial charge on any atom is -0.497 e. The predicted molar refractivity (Wildman–Crippen MR) is 115 cm³/mol. The van der Waals surface area contributed by atoms with Gasteiger partial charge in [-0.25, -0.2) is 16.8 Å². The monoisotopic (exact) mass is 447 g/mol. The van der Waals surface area contributed by atoms with Gasteiger partial charge in [0.05, 0.1) is 24.0 Å². The van der Waals surface area contributed by atoms with Gasteiger partial charge < -0.3 is 9.47 Å². The standard InChI is InChI=1S/C21H21NO6S2/c1-27-17-7-4-15(5-8-17)20-14-16(6-13-21(20)28-2)22-30(25,26)19-11-9-18(10-12-19)29(3,23)24/h4-14,22H,1-3H3. The largest absolute Gasteiger partial charge is 0.497 e. The molecule has 0 spiro atoms. The molecule has 0 aliphatic heterocycles. The summed E-state index contributed by atoms with van der Waals surface area (Å²) in [5, 5.41) is 0. The fourth-order valence-corrected chi connectivity index (χ4v) is 4.53.